The summed E-state index contributed by atoms with van der Waals surface area (Å²) in [4.78, 5) is 17.4. The van der Waals surface area contributed by atoms with E-state index in [1.807, 2.05) is 6.07 Å². The maximum absolute atomic E-state index is 12.6. The molecule has 4 rings (SSSR count). The zero-order chi connectivity index (χ0) is 25.9. The molecule has 37 heavy (non-hydrogen) atoms. The molecule has 2 aromatic carbocycles. The van der Waals surface area contributed by atoms with Gasteiger partial charge in [-0.3, -0.25) is 4.79 Å². The third-order valence-electron chi connectivity index (χ3n) is 7.74. The van der Waals surface area contributed by atoms with Gasteiger partial charge in [-0.15, -0.1) is 0 Å². The van der Waals surface area contributed by atoms with Gasteiger partial charge in [-0.1, -0.05) is 111 Å². The molecule has 1 amide bonds. The highest BCUT2D eigenvalue weighted by Crippen LogP contribution is 2.29. The lowest BCUT2D eigenvalue weighted by molar-refractivity contribution is -0.128. The number of hydrogen-bond donors (Lipinski definition) is 1. The van der Waals surface area contributed by atoms with Gasteiger partial charge >= 0.3 is 0 Å². The van der Waals surface area contributed by atoms with Crippen molar-refractivity contribution in [1.82, 2.24) is 15.5 Å². The molecule has 1 N–H and O–H groups in total. The van der Waals surface area contributed by atoms with Crippen molar-refractivity contribution in [3.63, 3.8) is 0 Å². The average Bonchev–Trinajstić information content (AvgIpc) is 3.34. The Bertz CT molecular complexity index is 1080. The van der Waals surface area contributed by atoms with E-state index < -0.39 is 0 Å². The second-order valence-corrected chi connectivity index (χ2v) is 10.8. The largest absolute Gasteiger partial charge is 0.349 e. The minimum absolute atomic E-state index is 0. The van der Waals surface area contributed by atoms with Crippen LogP contribution in [0.15, 0.2) is 59.1 Å². The summed E-state index contributed by atoms with van der Waals surface area (Å²) in [5, 5.41) is 7.61. The van der Waals surface area contributed by atoms with Crippen molar-refractivity contribution in [2.24, 2.45) is 5.92 Å². The van der Waals surface area contributed by atoms with Gasteiger partial charge in [0, 0.05) is 19.7 Å². The van der Waals surface area contributed by atoms with Crippen LogP contribution in [0.4, 0.5) is 0 Å². The van der Waals surface area contributed by atoms with Gasteiger partial charge in [-0.25, -0.2) is 0 Å². The van der Waals surface area contributed by atoms with Crippen molar-refractivity contribution in [2.75, 3.05) is 0 Å². The fourth-order valence-corrected chi connectivity index (χ4v) is 5.19. The normalized spacial score (nSPS) is 15.2. The predicted octanol–water partition coefficient (Wildman–Crippen LogP) is 8.10. The second kappa shape index (κ2) is 14.1. The van der Waals surface area contributed by atoms with Crippen LogP contribution in [0, 0.1) is 12.8 Å². The van der Waals surface area contributed by atoms with E-state index in [2.05, 4.69) is 72.9 Å². The van der Waals surface area contributed by atoms with Crippen molar-refractivity contribution < 1.29 is 10.7 Å². The van der Waals surface area contributed by atoms with Crippen LogP contribution in [-0.2, 0) is 11.2 Å². The first-order valence-electron chi connectivity index (χ1n) is 14.4. The number of hydrogen-bond acceptors (Lipinski definition) is 4. The lowest BCUT2D eigenvalue weighted by atomic mass is 9.84. The lowest BCUT2D eigenvalue weighted by Crippen LogP contribution is -2.37. The highest BCUT2D eigenvalue weighted by atomic mass is 16.5. The third kappa shape index (κ3) is 8.28. The highest BCUT2D eigenvalue weighted by Gasteiger charge is 2.27. The number of nitrogens with one attached hydrogen (secondary N) is 1. The second-order valence-electron chi connectivity index (χ2n) is 10.8. The summed E-state index contributed by atoms with van der Waals surface area (Å²) in [7, 11) is 0. The molecule has 0 radical (unpaired) electrons. The van der Waals surface area contributed by atoms with Gasteiger partial charge in [0.05, 0.1) is 6.04 Å². The number of amides is 1. The van der Waals surface area contributed by atoms with Crippen LogP contribution >= 0.6 is 0 Å². The molecule has 1 aliphatic rings. The maximum atomic E-state index is 12.6. The minimum atomic E-state index is 0. The van der Waals surface area contributed by atoms with Crippen molar-refractivity contribution in [3.05, 3.63) is 83.0 Å². The van der Waals surface area contributed by atoms with Crippen LogP contribution in [0.3, 0.4) is 0 Å². The van der Waals surface area contributed by atoms with E-state index in [4.69, 9.17) is 9.51 Å². The van der Waals surface area contributed by atoms with Crippen molar-refractivity contribution in [2.45, 2.75) is 103 Å². The molecule has 200 valence electrons. The van der Waals surface area contributed by atoms with E-state index in [0.29, 0.717) is 12.3 Å². The summed E-state index contributed by atoms with van der Waals surface area (Å²) in [5.74, 6) is 2.37. The van der Waals surface area contributed by atoms with Crippen molar-refractivity contribution in [1.29, 1.82) is 0 Å². The van der Waals surface area contributed by atoms with Gasteiger partial charge in [0.15, 0.2) is 5.82 Å². The molecule has 0 spiro atoms. The SMILES string of the molecule is CCCC(CCCCCC[C@H](NC(=O)C1CCC1)c1ccccc1)c1nc(Cc2ccc(C)cc2)no1.[HH]. The summed E-state index contributed by atoms with van der Waals surface area (Å²) in [6, 6.07) is 19.1. The predicted molar refractivity (Wildman–Crippen MR) is 150 cm³/mol. The Hall–Kier alpha value is -2.95. The number of carbonyl (C=O) groups excluding carboxylic acids is 1. The Morgan fingerprint density at radius 3 is 2.41 bits per heavy atom. The van der Waals surface area contributed by atoms with Crippen LogP contribution in [0.5, 0.6) is 0 Å². The van der Waals surface area contributed by atoms with Crippen LogP contribution in [-0.4, -0.2) is 16.0 Å². The van der Waals surface area contributed by atoms with E-state index in [1.54, 1.807) is 0 Å². The number of benzene rings is 2. The summed E-state index contributed by atoms with van der Waals surface area (Å²) in [5.41, 5.74) is 3.69. The molecular formula is C32H45N3O2. The van der Waals surface area contributed by atoms with Gasteiger partial charge in [-0.2, -0.15) is 4.98 Å². The number of nitrogens with zero attached hydrogens (tertiary/aromatic N) is 2. The van der Waals surface area contributed by atoms with Gasteiger partial charge < -0.3 is 9.84 Å². The van der Waals surface area contributed by atoms with E-state index in [-0.39, 0.29) is 19.3 Å². The quantitative estimate of drug-likeness (QED) is 0.213. The standard InChI is InChI=1S/C32H43N3O2.H2/c1-3-12-28(32-34-30(35-37-32)23-25-21-19-24(2)20-22-25)15-7-4-5-10-18-29(26-13-8-6-9-14-26)33-31(36)27-16-11-17-27;/h6,8-9,13-14,19-22,27-29H,3-5,7,10-12,15-18,23H2,1-2H3,(H,33,36);1H/t28?,29-;/m0./s1. The molecule has 2 atom stereocenters. The Morgan fingerprint density at radius 2 is 1.73 bits per heavy atom. The van der Waals surface area contributed by atoms with E-state index >= 15 is 0 Å². The van der Waals surface area contributed by atoms with Crippen molar-refractivity contribution in [3.8, 4) is 0 Å². The summed E-state index contributed by atoms with van der Waals surface area (Å²) >= 11 is 0. The molecule has 1 aromatic heterocycles. The van der Waals surface area contributed by atoms with E-state index in [0.717, 1.165) is 63.1 Å². The fraction of sp³-hybridized carbons (Fsp3) is 0.531. The molecule has 0 bridgehead atoms. The Labute approximate surface area is 223 Å². The van der Waals surface area contributed by atoms with Gasteiger partial charge in [-0.05, 0) is 50.2 Å². The first kappa shape index (κ1) is 27.1. The minimum Gasteiger partial charge on any atom is -0.349 e. The van der Waals surface area contributed by atoms with Crippen molar-refractivity contribution >= 4 is 5.91 Å². The fourth-order valence-electron chi connectivity index (χ4n) is 5.19. The van der Waals surface area contributed by atoms with Crippen LogP contribution < -0.4 is 5.32 Å². The number of rotatable bonds is 15. The molecular weight excluding hydrogens is 458 g/mol. The number of aromatic nitrogens is 2. The first-order valence-corrected chi connectivity index (χ1v) is 14.4. The number of aryl methyl sites for hydroxylation is 1. The number of unbranched alkanes of at least 4 members (excludes halogenated alkanes) is 3. The molecule has 1 aliphatic carbocycles. The van der Waals surface area contributed by atoms with Crippen LogP contribution in [0.1, 0.15) is 119 Å². The Morgan fingerprint density at radius 1 is 1.00 bits per heavy atom. The summed E-state index contributed by atoms with van der Waals surface area (Å²) < 4.78 is 5.70. The summed E-state index contributed by atoms with van der Waals surface area (Å²) in [6.45, 7) is 4.32. The highest BCUT2D eigenvalue weighted by molar-refractivity contribution is 5.79. The number of carbonyl (C=O) groups is 1. The maximum Gasteiger partial charge on any atom is 0.229 e. The average molecular weight is 504 g/mol. The van der Waals surface area contributed by atoms with Crippen LogP contribution in [0.25, 0.3) is 0 Å². The summed E-state index contributed by atoms with van der Waals surface area (Å²) in [6.07, 6.45) is 12.9. The van der Waals surface area contributed by atoms with E-state index in [9.17, 15) is 4.79 Å². The molecule has 0 aliphatic heterocycles. The molecule has 3 aromatic rings. The van der Waals surface area contributed by atoms with Gasteiger partial charge in [0.2, 0.25) is 11.8 Å². The Balaban J connectivity index is 0.00000400. The van der Waals surface area contributed by atoms with Crippen LogP contribution in [0.2, 0.25) is 0 Å². The molecule has 0 saturated heterocycles. The molecule has 1 saturated carbocycles. The van der Waals surface area contributed by atoms with Gasteiger partial charge in [0.1, 0.15) is 0 Å². The molecule has 5 heteroatoms. The van der Waals surface area contributed by atoms with E-state index in [1.165, 1.54) is 36.0 Å². The molecule has 1 heterocycles. The monoisotopic (exact) mass is 503 g/mol. The molecule has 1 unspecified atom stereocenters. The zero-order valence-electron chi connectivity index (χ0n) is 22.6. The lowest BCUT2D eigenvalue weighted by Gasteiger charge is -2.27. The third-order valence-corrected chi connectivity index (χ3v) is 7.74. The zero-order valence-corrected chi connectivity index (χ0v) is 22.6. The topological polar surface area (TPSA) is 68.0 Å². The first-order chi connectivity index (χ1) is 18.1. The Kier molecular flexibility index (Phi) is 10.3. The van der Waals surface area contributed by atoms with Gasteiger partial charge in [0.25, 0.3) is 0 Å². The smallest absolute Gasteiger partial charge is 0.229 e. The molecule has 1 fully saturated rings. The molecule has 5 nitrogen and oxygen atoms in total.